The van der Waals surface area contributed by atoms with E-state index in [4.69, 9.17) is 5.41 Å². The lowest BCUT2D eigenvalue weighted by Crippen LogP contribution is -2.13. The first-order valence-corrected chi connectivity index (χ1v) is 15.8. The van der Waals surface area contributed by atoms with Gasteiger partial charge in [-0.2, -0.15) is 0 Å². The maximum absolute atomic E-state index is 7.73. The van der Waals surface area contributed by atoms with Gasteiger partial charge in [-0.3, -0.25) is 4.99 Å². The molecule has 0 aromatic carbocycles. The van der Waals surface area contributed by atoms with E-state index in [1.54, 1.807) is 13.1 Å². The van der Waals surface area contributed by atoms with Crippen molar-refractivity contribution in [1.82, 2.24) is 0 Å². The van der Waals surface area contributed by atoms with Crippen molar-refractivity contribution in [1.29, 1.82) is 5.41 Å². The average Bonchev–Trinajstić information content (AvgIpc) is 2.97. The maximum atomic E-state index is 7.73. The molecule has 0 aliphatic heterocycles. The predicted octanol–water partition coefficient (Wildman–Crippen LogP) is 13.9. The van der Waals surface area contributed by atoms with Crippen LogP contribution in [0.25, 0.3) is 0 Å². The van der Waals surface area contributed by atoms with Gasteiger partial charge in [0.25, 0.3) is 0 Å². The second kappa shape index (κ2) is 92.7. The van der Waals surface area contributed by atoms with Crippen LogP contribution < -0.4 is 0 Å². The molecule has 0 spiro atoms. The highest BCUT2D eigenvalue weighted by molar-refractivity contribution is 6.47. The molecule has 226 valence electrons. The molecule has 0 unspecified atom stereocenters. The largest absolute Gasteiger partial charge is 0.303 e. The number of allylic oxidation sites excluding steroid dienone is 3. The lowest BCUT2D eigenvalue weighted by atomic mass is 10.0. The zero-order valence-electron chi connectivity index (χ0n) is 29.7. The standard InChI is InChI=1S/C12H22N2.C7H16.C3H6.6C2H6/c1-5-7-8-9-10(3)12(14-4)11(13)6-2;1-3-5-7-6-4-2;1-3-2;6*1-2/h9,13H,5-8H2,1-4H3;3-7H2,1-2H3;3H,1H2,2H3;6*1-2H3/b10-9+,13-11?,14-12?;;;;;;;;. The predicted molar refractivity (Wildman–Crippen MR) is 183 cm³/mol. The van der Waals surface area contributed by atoms with Gasteiger partial charge in [-0.05, 0) is 32.3 Å². The summed E-state index contributed by atoms with van der Waals surface area (Å²) in [5.41, 5.74) is 2.65. The average molecular weight is 517 g/mol. The highest BCUT2D eigenvalue weighted by Gasteiger charge is 2.05. The molecule has 0 bridgehead atoms. The first-order valence-electron chi connectivity index (χ1n) is 15.8. The zero-order chi connectivity index (χ0) is 31.2. The topological polar surface area (TPSA) is 36.2 Å². The zero-order valence-corrected chi connectivity index (χ0v) is 29.7. The van der Waals surface area contributed by atoms with Crippen molar-refractivity contribution in [2.75, 3.05) is 7.05 Å². The van der Waals surface area contributed by atoms with Crippen molar-refractivity contribution >= 4 is 11.4 Å². The fourth-order valence-corrected chi connectivity index (χ4v) is 2.01. The fraction of sp³-hybridized carbons (Fsp3) is 0.824. The van der Waals surface area contributed by atoms with Crippen LogP contribution >= 0.6 is 0 Å². The Hall–Kier alpha value is -1.18. The smallest absolute Gasteiger partial charge is 0.0804 e. The van der Waals surface area contributed by atoms with E-state index < -0.39 is 0 Å². The van der Waals surface area contributed by atoms with Gasteiger partial charge in [-0.1, -0.05) is 168 Å². The van der Waals surface area contributed by atoms with Crippen LogP contribution in [0, 0.1) is 5.41 Å². The number of nitrogens with zero attached hydrogens (tertiary/aromatic N) is 1. The van der Waals surface area contributed by atoms with Crippen LogP contribution in [0.4, 0.5) is 0 Å². The molecule has 0 radical (unpaired) electrons. The highest BCUT2D eigenvalue weighted by atomic mass is 14.7. The molecule has 0 aliphatic rings. The molecule has 0 heterocycles. The number of hydrogen-bond acceptors (Lipinski definition) is 2. The van der Waals surface area contributed by atoms with Crippen LogP contribution in [0.3, 0.4) is 0 Å². The molecule has 0 fully saturated rings. The molecule has 0 atom stereocenters. The Bertz CT molecular complexity index is 335. The van der Waals surface area contributed by atoms with Gasteiger partial charge >= 0.3 is 0 Å². The van der Waals surface area contributed by atoms with E-state index in [0.29, 0.717) is 5.71 Å². The summed E-state index contributed by atoms with van der Waals surface area (Å²) in [5.74, 6) is 0. The number of aliphatic imine (C=N–C) groups is 1. The van der Waals surface area contributed by atoms with Gasteiger partial charge in [0, 0.05) is 7.05 Å². The monoisotopic (exact) mass is 517 g/mol. The van der Waals surface area contributed by atoms with E-state index in [1.807, 2.05) is 104 Å². The van der Waals surface area contributed by atoms with E-state index in [0.717, 1.165) is 24.1 Å². The van der Waals surface area contributed by atoms with Crippen molar-refractivity contribution in [3.05, 3.63) is 24.3 Å². The molecule has 0 amide bonds. The number of hydrogen-bond donors (Lipinski definition) is 1. The lowest BCUT2D eigenvalue weighted by Gasteiger charge is -2.05. The SMILES string of the molecule is C=CC.CC.CC.CC.CC.CC.CC.CCCC/C=C(\C)C(=NC)C(=N)CC.CCCCCCC. The van der Waals surface area contributed by atoms with Crippen molar-refractivity contribution in [3.63, 3.8) is 0 Å². The van der Waals surface area contributed by atoms with Crippen LogP contribution in [0.2, 0.25) is 0 Å². The normalized spacial score (nSPS) is 8.31. The molecular formula is C34H80N2. The molecular weight excluding hydrogens is 436 g/mol. The third kappa shape index (κ3) is 84.6. The molecule has 36 heavy (non-hydrogen) atoms. The summed E-state index contributed by atoms with van der Waals surface area (Å²) in [4.78, 5) is 4.16. The van der Waals surface area contributed by atoms with Gasteiger partial charge in [0.15, 0.2) is 0 Å². The summed E-state index contributed by atoms with van der Waals surface area (Å²) in [5, 5.41) is 7.73. The van der Waals surface area contributed by atoms with Gasteiger partial charge < -0.3 is 5.41 Å². The summed E-state index contributed by atoms with van der Waals surface area (Å²) in [6.07, 6.45) is 15.2. The molecule has 0 saturated heterocycles. The summed E-state index contributed by atoms with van der Waals surface area (Å²) >= 11 is 0. The van der Waals surface area contributed by atoms with Crippen LogP contribution in [0.15, 0.2) is 29.3 Å². The van der Waals surface area contributed by atoms with E-state index in [2.05, 4.69) is 38.4 Å². The van der Waals surface area contributed by atoms with E-state index in [9.17, 15) is 0 Å². The van der Waals surface area contributed by atoms with Gasteiger partial charge in [0.2, 0.25) is 0 Å². The minimum Gasteiger partial charge on any atom is -0.303 e. The Labute approximate surface area is 235 Å². The summed E-state index contributed by atoms with van der Waals surface area (Å²) in [6, 6.07) is 0. The third-order valence-corrected chi connectivity index (χ3v) is 3.45. The van der Waals surface area contributed by atoms with Gasteiger partial charge in [0.1, 0.15) is 0 Å². The van der Waals surface area contributed by atoms with E-state index in [-0.39, 0.29) is 0 Å². The van der Waals surface area contributed by atoms with Crippen LogP contribution in [0.5, 0.6) is 0 Å². The molecule has 0 aromatic rings. The lowest BCUT2D eigenvalue weighted by molar-refractivity contribution is 0.656. The number of rotatable bonds is 10. The Morgan fingerprint density at radius 1 is 0.667 bits per heavy atom. The van der Waals surface area contributed by atoms with E-state index in [1.165, 1.54) is 44.9 Å². The van der Waals surface area contributed by atoms with Crippen LogP contribution in [-0.4, -0.2) is 18.5 Å². The molecule has 2 nitrogen and oxygen atoms in total. The van der Waals surface area contributed by atoms with Gasteiger partial charge in [0.05, 0.1) is 11.4 Å². The molecule has 0 aliphatic carbocycles. The van der Waals surface area contributed by atoms with Crippen LogP contribution in [0.1, 0.15) is 182 Å². The number of nitrogens with one attached hydrogen (secondary N) is 1. The van der Waals surface area contributed by atoms with E-state index >= 15 is 0 Å². The highest BCUT2D eigenvalue weighted by Crippen LogP contribution is 2.05. The second-order valence-corrected chi connectivity index (χ2v) is 5.90. The summed E-state index contributed by atoms with van der Waals surface area (Å²) in [7, 11) is 1.76. The van der Waals surface area contributed by atoms with Crippen molar-refractivity contribution in [2.24, 2.45) is 4.99 Å². The Morgan fingerprint density at radius 2 is 0.972 bits per heavy atom. The fourth-order valence-electron chi connectivity index (χ4n) is 2.01. The van der Waals surface area contributed by atoms with Crippen LogP contribution in [-0.2, 0) is 0 Å². The number of unbranched alkanes of at least 4 members (excludes halogenated alkanes) is 6. The molecule has 0 rings (SSSR count). The van der Waals surface area contributed by atoms with Gasteiger partial charge in [-0.15, -0.1) is 6.58 Å². The van der Waals surface area contributed by atoms with Crippen molar-refractivity contribution in [2.45, 2.75) is 182 Å². The minimum atomic E-state index is 0.637. The second-order valence-electron chi connectivity index (χ2n) is 5.90. The Morgan fingerprint density at radius 3 is 1.19 bits per heavy atom. The quantitative estimate of drug-likeness (QED) is 0.170. The molecule has 0 saturated carbocycles. The Balaban J connectivity index is -0.0000000399. The van der Waals surface area contributed by atoms with Crippen molar-refractivity contribution < 1.29 is 0 Å². The molecule has 1 N–H and O–H groups in total. The third-order valence-electron chi connectivity index (χ3n) is 3.45. The maximum Gasteiger partial charge on any atom is 0.0804 e. The van der Waals surface area contributed by atoms with Gasteiger partial charge in [-0.25, -0.2) is 0 Å². The molecule has 0 aromatic heterocycles. The summed E-state index contributed by atoms with van der Waals surface area (Å²) < 4.78 is 0. The first kappa shape index (κ1) is 59.7. The van der Waals surface area contributed by atoms with Crippen molar-refractivity contribution in [3.8, 4) is 0 Å². The first-order chi connectivity index (χ1) is 17.5. The Kier molecular flexibility index (Phi) is 154. The minimum absolute atomic E-state index is 0.637. The summed E-state index contributed by atoms with van der Waals surface area (Å²) in [6.45, 7) is 40.0. The molecule has 2 heteroatoms.